The van der Waals surface area contributed by atoms with E-state index in [9.17, 15) is 24.4 Å². The molecular weight excluding hydrogens is 446 g/mol. The van der Waals surface area contributed by atoms with Crippen LogP contribution in [0, 0.1) is 18.3 Å². The summed E-state index contributed by atoms with van der Waals surface area (Å²) in [5.41, 5.74) is 1.24. The first-order chi connectivity index (χ1) is 15.8. The Labute approximate surface area is 195 Å². The lowest BCUT2D eigenvalue weighted by Crippen LogP contribution is -2.12. The second-order valence-corrected chi connectivity index (χ2v) is 7.78. The smallest absolute Gasteiger partial charge is 0.348 e. The maximum absolute atomic E-state index is 12.9. The summed E-state index contributed by atoms with van der Waals surface area (Å²) in [7, 11) is 1.27. The molecule has 0 spiro atoms. The van der Waals surface area contributed by atoms with Crippen LogP contribution >= 0.6 is 11.3 Å². The van der Waals surface area contributed by atoms with Crippen LogP contribution in [0.5, 0.6) is 0 Å². The van der Waals surface area contributed by atoms with Crippen molar-refractivity contribution in [3.05, 3.63) is 61.8 Å². The van der Waals surface area contributed by atoms with E-state index in [4.69, 9.17) is 9.47 Å². The zero-order chi connectivity index (χ0) is 24.5. The molecule has 0 saturated heterocycles. The largest absolute Gasteiger partial charge is 0.465 e. The molecule has 33 heavy (non-hydrogen) atoms. The Kier molecular flexibility index (Phi) is 9.07. The fourth-order valence-corrected chi connectivity index (χ4v) is 4.16. The number of esters is 3. The third kappa shape index (κ3) is 6.14. The van der Waals surface area contributed by atoms with Gasteiger partial charge in [-0.3, -0.25) is 4.79 Å². The minimum Gasteiger partial charge on any atom is -0.465 e. The summed E-state index contributed by atoms with van der Waals surface area (Å²) < 4.78 is 14.8. The van der Waals surface area contributed by atoms with Gasteiger partial charge in [0, 0.05) is 11.3 Å². The van der Waals surface area contributed by atoms with Gasteiger partial charge in [-0.2, -0.15) is 5.26 Å². The van der Waals surface area contributed by atoms with Crippen LogP contribution in [-0.4, -0.2) is 44.0 Å². The van der Waals surface area contributed by atoms with Crippen molar-refractivity contribution in [2.75, 3.05) is 20.3 Å². The Hall–Kier alpha value is -3.77. The van der Waals surface area contributed by atoms with Gasteiger partial charge < -0.3 is 14.2 Å². The fourth-order valence-electron chi connectivity index (χ4n) is 2.98. The van der Waals surface area contributed by atoms with Gasteiger partial charge in [0.25, 0.3) is 0 Å². The van der Waals surface area contributed by atoms with E-state index in [1.54, 1.807) is 32.9 Å². The molecule has 2 aromatic rings. The third-order valence-electron chi connectivity index (χ3n) is 4.54. The lowest BCUT2D eigenvalue weighted by molar-refractivity contribution is -0.114. The Morgan fingerprint density at radius 3 is 2.15 bits per heavy atom. The van der Waals surface area contributed by atoms with Crippen molar-refractivity contribution in [2.24, 2.45) is 0 Å². The molecule has 0 bridgehead atoms. The average molecular weight is 470 g/mol. The van der Waals surface area contributed by atoms with Crippen LogP contribution in [0.25, 0.3) is 6.08 Å². The zero-order valence-corrected chi connectivity index (χ0v) is 19.5. The highest BCUT2D eigenvalue weighted by molar-refractivity contribution is 7.14. The first-order valence-corrected chi connectivity index (χ1v) is 10.9. The normalized spacial score (nSPS) is 10.8. The van der Waals surface area contributed by atoms with Crippen molar-refractivity contribution >= 4 is 41.1 Å². The number of nitrogens with zero attached hydrogens (tertiary/aromatic N) is 1. The van der Waals surface area contributed by atoms with Gasteiger partial charge in [0.15, 0.2) is 5.78 Å². The van der Waals surface area contributed by atoms with Crippen LogP contribution in [0.15, 0.2) is 29.8 Å². The topological polar surface area (TPSA) is 120 Å². The molecule has 0 aliphatic heterocycles. The number of ether oxygens (including phenoxy) is 3. The number of ketones is 1. The van der Waals surface area contributed by atoms with E-state index in [1.165, 1.54) is 25.3 Å². The Morgan fingerprint density at radius 2 is 1.61 bits per heavy atom. The molecule has 0 unspecified atom stereocenters. The number of methoxy groups -OCH3 is 1. The number of hydrogen-bond acceptors (Lipinski definition) is 9. The summed E-state index contributed by atoms with van der Waals surface area (Å²) in [5.74, 6) is -2.27. The summed E-state index contributed by atoms with van der Waals surface area (Å²) in [4.78, 5) is 49.8. The van der Waals surface area contributed by atoms with Gasteiger partial charge in [0.05, 0.1) is 37.0 Å². The average Bonchev–Trinajstić information content (AvgIpc) is 3.13. The van der Waals surface area contributed by atoms with E-state index < -0.39 is 23.7 Å². The number of carbonyl (C=O) groups is 4. The number of benzene rings is 1. The molecule has 1 aromatic heterocycles. The van der Waals surface area contributed by atoms with Gasteiger partial charge >= 0.3 is 17.9 Å². The number of Topliss-reactive ketones (excluding diaryl/α,β-unsaturated/α-hetero) is 1. The van der Waals surface area contributed by atoms with Gasteiger partial charge in [-0.05, 0) is 50.1 Å². The Morgan fingerprint density at radius 1 is 1.00 bits per heavy atom. The van der Waals surface area contributed by atoms with Gasteiger partial charge in [0.2, 0.25) is 0 Å². The van der Waals surface area contributed by atoms with Gasteiger partial charge in [-0.1, -0.05) is 12.1 Å². The second-order valence-electron chi connectivity index (χ2n) is 6.68. The summed E-state index contributed by atoms with van der Waals surface area (Å²) >= 11 is 0.974. The van der Waals surface area contributed by atoms with E-state index in [-0.39, 0.29) is 35.6 Å². The van der Waals surface area contributed by atoms with Gasteiger partial charge in [-0.15, -0.1) is 11.3 Å². The monoisotopic (exact) mass is 469 g/mol. The van der Waals surface area contributed by atoms with Crippen molar-refractivity contribution in [2.45, 2.75) is 27.2 Å². The summed E-state index contributed by atoms with van der Waals surface area (Å²) in [6.45, 7) is 5.20. The van der Waals surface area contributed by atoms with E-state index in [1.807, 2.05) is 6.07 Å². The highest BCUT2D eigenvalue weighted by Gasteiger charge is 2.28. The van der Waals surface area contributed by atoms with E-state index >= 15 is 0 Å². The number of hydrogen-bond donors (Lipinski definition) is 0. The molecule has 2 rings (SSSR count). The molecular formula is C24H23NO7S. The van der Waals surface area contributed by atoms with Crippen LogP contribution in [0.1, 0.15) is 60.2 Å². The molecule has 8 nitrogen and oxygen atoms in total. The van der Waals surface area contributed by atoms with E-state index in [2.05, 4.69) is 4.74 Å². The molecule has 1 heterocycles. The minimum absolute atomic E-state index is 0.126. The first kappa shape index (κ1) is 25.5. The molecule has 0 atom stereocenters. The van der Waals surface area contributed by atoms with Crippen LogP contribution in [0.4, 0.5) is 0 Å². The number of nitriles is 1. The molecule has 0 fully saturated rings. The van der Waals surface area contributed by atoms with Crippen LogP contribution in [-0.2, 0) is 25.4 Å². The van der Waals surface area contributed by atoms with Crippen LogP contribution in [0.2, 0.25) is 0 Å². The molecule has 9 heteroatoms. The highest BCUT2D eigenvalue weighted by atomic mass is 32.1. The SMILES string of the molecule is CCOC(=O)c1sc(CC(=O)/C(C#N)=C/c2ccc(C(=O)OC)cc2)c(C(=O)OCC)c1C. The lowest BCUT2D eigenvalue weighted by atomic mass is 10.0. The lowest BCUT2D eigenvalue weighted by Gasteiger charge is -2.05. The molecule has 0 aliphatic carbocycles. The van der Waals surface area contributed by atoms with Crippen molar-refractivity contribution < 1.29 is 33.4 Å². The quantitative estimate of drug-likeness (QED) is 0.235. The predicted octanol–water partition coefficient (Wildman–Crippen LogP) is 3.92. The van der Waals surface area contributed by atoms with Crippen LogP contribution < -0.4 is 0 Å². The number of carbonyl (C=O) groups excluding carboxylic acids is 4. The predicted molar refractivity (Wildman–Crippen MR) is 121 cm³/mol. The minimum atomic E-state index is -0.648. The molecule has 0 saturated carbocycles. The van der Waals surface area contributed by atoms with Crippen LogP contribution in [0.3, 0.4) is 0 Å². The van der Waals surface area contributed by atoms with E-state index in [0.717, 1.165) is 11.3 Å². The fraction of sp³-hybridized carbons (Fsp3) is 0.292. The molecule has 0 radical (unpaired) electrons. The van der Waals surface area contributed by atoms with Gasteiger partial charge in [-0.25, -0.2) is 14.4 Å². The van der Waals surface area contributed by atoms with Crippen molar-refractivity contribution in [3.63, 3.8) is 0 Å². The molecule has 1 aromatic carbocycles. The summed E-state index contributed by atoms with van der Waals surface area (Å²) in [6.07, 6.45) is 1.12. The maximum Gasteiger partial charge on any atom is 0.348 e. The number of thiophene rings is 1. The Bertz CT molecular complexity index is 1140. The van der Waals surface area contributed by atoms with Crippen molar-refractivity contribution in [1.82, 2.24) is 0 Å². The number of rotatable bonds is 9. The first-order valence-electron chi connectivity index (χ1n) is 10.1. The maximum atomic E-state index is 12.9. The standard InChI is InChI=1S/C24H23NO7S/c1-5-31-23(28)20-14(3)21(24(29)32-6-2)33-19(20)12-18(26)17(13-25)11-15-7-9-16(10-8-15)22(27)30-4/h7-11H,5-6,12H2,1-4H3/b17-11+. The molecule has 0 amide bonds. The van der Waals surface area contributed by atoms with Crippen molar-refractivity contribution in [3.8, 4) is 6.07 Å². The summed E-state index contributed by atoms with van der Waals surface area (Å²) in [6, 6.07) is 8.07. The van der Waals surface area contributed by atoms with Gasteiger partial charge in [0.1, 0.15) is 10.9 Å². The summed E-state index contributed by atoms with van der Waals surface area (Å²) in [5, 5.41) is 9.52. The third-order valence-corrected chi connectivity index (χ3v) is 5.82. The second kappa shape index (κ2) is 11.7. The Balaban J connectivity index is 2.38. The zero-order valence-electron chi connectivity index (χ0n) is 18.7. The number of allylic oxidation sites excluding steroid dienone is 1. The van der Waals surface area contributed by atoms with Crippen molar-refractivity contribution in [1.29, 1.82) is 5.26 Å². The van der Waals surface area contributed by atoms with E-state index in [0.29, 0.717) is 21.6 Å². The highest BCUT2D eigenvalue weighted by Crippen LogP contribution is 2.31. The molecule has 0 N–H and O–H groups in total. The molecule has 0 aliphatic rings. The molecule has 172 valence electrons.